The molecule has 0 aliphatic heterocycles. The van der Waals surface area contributed by atoms with Crippen LogP contribution in [0.25, 0.3) is 10.8 Å². The van der Waals surface area contributed by atoms with E-state index in [9.17, 15) is 9.18 Å². The maximum atomic E-state index is 13.5. The van der Waals surface area contributed by atoms with E-state index in [4.69, 9.17) is 9.84 Å². The van der Waals surface area contributed by atoms with Crippen LogP contribution in [0.2, 0.25) is 0 Å². The maximum absolute atomic E-state index is 13.5. The molecule has 5 heteroatoms. The van der Waals surface area contributed by atoms with Gasteiger partial charge in [0.2, 0.25) is 5.88 Å². The van der Waals surface area contributed by atoms with Gasteiger partial charge >= 0.3 is 5.97 Å². The van der Waals surface area contributed by atoms with E-state index in [0.29, 0.717) is 5.39 Å². The molecule has 1 N–H and O–H groups in total. The second-order valence-corrected chi connectivity index (χ2v) is 3.16. The Morgan fingerprint density at radius 1 is 1.44 bits per heavy atom. The molecule has 0 saturated heterocycles. The predicted octanol–water partition coefficient (Wildman–Crippen LogP) is 2.08. The van der Waals surface area contributed by atoms with E-state index in [0.717, 1.165) is 0 Å². The third kappa shape index (κ3) is 1.56. The van der Waals surface area contributed by atoms with E-state index in [2.05, 4.69) is 4.98 Å². The zero-order chi connectivity index (χ0) is 11.7. The van der Waals surface area contributed by atoms with Crippen molar-refractivity contribution in [2.45, 2.75) is 0 Å². The number of carboxylic acid groups (broad SMARTS) is 1. The molecule has 0 unspecified atom stereocenters. The van der Waals surface area contributed by atoms with Crippen LogP contribution in [0.5, 0.6) is 5.88 Å². The van der Waals surface area contributed by atoms with Crippen molar-refractivity contribution in [1.29, 1.82) is 0 Å². The Morgan fingerprint density at radius 3 is 2.81 bits per heavy atom. The Bertz CT molecular complexity index is 568. The van der Waals surface area contributed by atoms with E-state index in [-0.39, 0.29) is 17.0 Å². The molecule has 0 spiro atoms. The number of aromatic carboxylic acids is 1. The van der Waals surface area contributed by atoms with E-state index < -0.39 is 11.8 Å². The van der Waals surface area contributed by atoms with Gasteiger partial charge in [-0.25, -0.2) is 14.2 Å². The second-order valence-electron chi connectivity index (χ2n) is 3.16. The fourth-order valence-electron chi connectivity index (χ4n) is 1.47. The number of carbonyl (C=O) groups is 1. The van der Waals surface area contributed by atoms with Crippen LogP contribution in [0.3, 0.4) is 0 Å². The van der Waals surface area contributed by atoms with Crippen molar-refractivity contribution in [3.63, 3.8) is 0 Å². The molecule has 1 heterocycles. The van der Waals surface area contributed by atoms with Crippen LogP contribution in [0.1, 0.15) is 10.5 Å². The van der Waals surface area contributed by atoms with Crippen LogP contribution >= 0.6 is 0 Å². The molecule has 1 aromatic heterocycles. The average molecular weight is 221 g/mol. The molecule has 16 heavy (non-hydrogen) atoms. The summed E-state index contributed by atoms with van der Waals surface area (Å²) < 4.78 is 18.4. The molecule has 0 radical (unpaired) electrons. The van der Waals surface area contributed by atoms with Gasteiger partial charge in [-0.05, 0) is 18.2 Å². The molecule has 1 aromatic carbocycles. The van der Waals surface area contributed by atoms with Gasteiger partial charge in [-0.1, -0.05) is 6.07 Å². The van der Waals surface area contributed by atoms with Crippen LogP contribution < -0.4 is 4.74 Å². The van der Waals surface area contributed by atoms with Gasteiger partial charge in [0, 0.05) is 10.8 Å². The van der Waals surface area contributed by atoms with Gasteiger partial charge < -0.3 is 9.84 Å². The van der Waals surface area contributed by atoms with Crippen molar-refractivity contribution in [2.24, 2.45) is 0 Å². The Kier molecular flexibility index (Phi) is 2.44. The van der Waals surface area contributed by atoms with Gasteiger partial charge in [-0.3, -0.25) is 0 Å². The maximum Gasteiger partial charge on any atom is 0.354 e. The van der Waals surface area contributed by atoms with Crippen LogP contribution in [0.4, 0.5) is 4.39 Å². The van der Waals surface area contributed by atoms with Crippen molar-refractivity contribution in [1.82, 2.24) is 4.98 Å². The number of pyridine rings is 1. The minimum absolute atomic E-state index is 0.106. The standard InChI is InChI=1S/C11H8FNO3/c1-16-10-6-3-2-4-8(12)7(6)5-9(13-10)11(14)15/h2-5H,1H3,(H,14,15). The fraction of sp³-hybridized carbons (Fsp3) is 0.0909. The average Bonchev–Trinajstić information content (AvgIpc) is 2.28. The number of hydrogen-bond donors (Lipinski definition) is 1. The van der Waals surface area contributed by atoms with E-state index in [1.165, 1.54) is 25.3 Å². The molecule has 82 valence electrons. The molecule has 0 saturated carbocycles. The number of carboxylic acids is 1. The fourth-order valence-corrected chi connectivity index (χ4v) is 1.47. The number of nitrogens with zero attached hydrogens (tertiary/aromatic N) is 1. The van der Waals surface area contributed by atoms with Crippen LogP contribution in [-0.2, 0) is 0 Å². The summed E-state index contributed by atoms with van der Waals surface area (Å²) in [5.41, 5.74) is -0.241. The Labute approximate surface area is 90.3 Å². The van der Waals surface area contributed by atoms with Crippen LogP contribution in [-0.4, -0.2) is 23.2 Å². The number of halogens is 1. The van der Waals surface area contributed by atoms with Gasteiger partial charge in [-0.15, -0.1) is 0 Å². The normalized spacial score (nSPS) is 10.4. The lowest BCUT2D eigenvalue weighted by Crippen LogP contribution is -2.02. The van der Waals surface area contributed by atoms with Gasteiger partial charge in [0.25, 0.3) is 0 Å². The summed E-state index contributed by atoms with van der Waals surface area (Å²) in [5, 5.41) is 9.45. The predicted molar refractivity (Wildman–Crippen MR) is 55.2 cm³/mol. The Hall–Kier alpha value is -2.17. The van der Waals surface area contributed by atoms with Crippen molar-refractivity contribution in [3.8, 4) is 5.88 Å². The highest BCUT2D eigenvalue weighted by Crippen LogP contribution is 2.26. The SMILES string of the molecule is COc1nc(C(=O)O)cc2c(F)cccc12. The summed E-state index contributed by atoms with van der Waals surface area (Å²) in [5.74, 6) is -1.61. The number of aromatic nitrogens is 1. The molecule has 0 atom stereocenters. The van der Waals surface area contributed by atoms with E-state index in [1.54, 1.807) is 6.07 Å². The third-order valence-electron chi connectivity index (χ3n) is 2.20. The molecule has 0 aliphatic rings. The summed E-state index contributed by atoms with van der Waals surface area (Å²) in [6, 6.07) is 5.58. The first-order valence-electron chi connectivity index (χ1n) is 4.50. The number of benzene rings is 1. The molecular weight excluding hydrogens is 213 g/mol. The number of rotatable bonds is 2. The smallest absolute Gasteiger partial charge is 0.354 e. The summed E-state index contributed by atoms with van der Waals surface area (Å²) >= 11 is 0. The quantitative estimate of drug-likeness (QED) is 0.843. The molecular formula is C11H8FNO3. The molecule has 2 rings (SSSR count). The highest BCUT2D eigenvalue weighted by Gasteiger charge is 2.13. The third-order valence-corrected chi connectivity index (χ3v) is 2.20. The zero-order valence-electron chi connectivity index (χ0n) is 8.40. The summed E-state index contributed by atoms with van der Waals surface area (Å²) in [4.78, 5) is 14.6. The van der Waals surface area contributed by atoms with Crippen molar-refractivity contribution >= 4 is 16.7 Å². The first-order chi connectivity index (χ1) is 7.63. The van der Waals surface area contributed by atoms with Gasteiger partial charge in [-0.2, -0.15) is 0 Å². The summed E-state index contributed by atoms with van der Waals surface area (Å²) in [7, 11) is 1.36. The first-order valence-corrected chi connectivity index (χ1v) is 4.50. The van der Waals surface area contributed by atoms with E-state index >= 15 is 0 Å². The van der Waals surface area contributed by atoms with E-state index in [1.807, 2.05) is 0 Å². The molecule has 2 aromatic rings. The molecule has 0 bridgehead atoms. The van der Waals surface area contributed by atoms with Crippen LogP contribution in [0, 0.1) is 5.82 Å². The van der Waals surface area contributed by atoms with Gasteiger partial charge in [0.15, 0.2) is 5.69 Å². The lowest BCUT2D eigenvalue weighted by Gasteiger charge is -2.06. The molecule has 0 fully saturated rings. The molecule has 0 amide bonds. The Balaban J connectivity index is 2.84. The second kappa shape index (κ2) is 3.77. The monoisotopic (exact) mass is 221 g/mol. The number of methoxy groups -OCH3 is 1. The number of fused-ring (bicyclic) bond motifs is 1. The summed E-state index contributed by atoms with van der Waals surface area (Å²) in [6.07, 6.45) is 0. The van der Waals surface area contributed by atoms with Crippen molar-refractivity contribution < 1.29 is 19.0 Å². The highest BCUT2D eigenvalue weighted by atomic mass is 19.1. The van der Waals surface area contributed by atoms with Gasteiger partial charge in [0.1, 0.15) is 5.82 Å². The first kappa shape index (κ1) is 10.4. The summed E-state index contributed by atoms with van der Waals surface area (Å²) in [6.45, 7) is 0. The minimum Gasteiger partial charge on any atom is -0.481 e. The van der Waals surface area contributed by atoms with Gasteiger partial charge in [0.05, 0.1) is 7.11 Å². The lowest BCUT2D eigenvalue weighted by molar-refractivity contribution is 0.0690. The number of hydrogen-bond acceptors (Lipinski definition) is 3. The highest BCUT2D eigenvalue weighted by molar-refractivity contribution is 5.94. The number of ether oxygens (including phenoxy) is 1. The lowest BCUT2D eigenvalue weighted by atomic mass is 10.1. The van der Waals surface area contributed by atoms with Crippen LogP contribution in [0.15, 0.2) is 24.3 Å². The Morgan fingerprint density at radius 2 is 2.19 bits per heavy atom. The van der Waals surface area contributed by atoms with Crippen molar-refractivity contribution in [3.05, 3.63) is 35.8 Å². The zero-order valence-corrected chi connectivity index (χ0v) is 8.40. The molecule has 4 nitrogen and oxygen atoms in total. The minimum atomic E-state index is -1.22. The molecule has 0 aliphatic carbocycles. The topological polar surface area (TPSA) is 59.4 Å². The van der Waals surface area contributed by atoms with Crippen molar-refractivity contribution in [2.75, 3.05) is 7.11 Å². The largest absolute Gasteiger partial charge is 0.481 e.